The number of hydrogen-bond donors (Lipinski definition) is 0. The van der Waals surface area contributed by atoms with E-state index >= 15 is 0 Å². The van der Waals surface area contributed by atoms with Crippen molar-refractivity contribution in [2.75, 3.05) is 7.11 Å². The van der Waals surface area contributed by atoms with Crippen molar-refractivity contribution in [2.45, 2.75) is 12.5 Å². The Balaban J connectivity index is 1.76. The van der Waals surface area contributed by atoms with Gasteiger partial charge in [0, 0.05) is 36.9 Å². The average Bonchev–Trinajstić information content (AvgIpc) is 2.68. The molecule has 0 saturated heterocycles. The first-order valence-electron chi connectivity index (χ1n) is 8.03. The van der Waals surface area contributed by atoms with Gasteiger partial charge < -0.3 is 4.74 Å². The zero-order valence-corrected chi connectivity index (χ0v) is 14.4. The molecule has 0 aliphatic heterocycles. The number of ether oxygens (including phenoxy) is 1. The van der Waals surface area contributed by atoms with E-state index in [2.05, 4.69) is 33.2 Å². The van der Waals surface area contributed by atoms with Gasteiger partial charge in [-0.2, -0.15) is 0 Å². The first-order chi connectivity index (χ1) is 12.2. The average molecular weight is 350 g/mol. The van der Waals surface area contributed by atoms with Crippen LogP contribution in [0.5, 0.6) is 0 Å². The van der Waals surface area contributed by atoms with Crippen molar-refractivity contribution < 1.29 is 4.74 Å². The van der Waals surface area contributed by atoms with E-state index in [9.17, 15) is 0 Å². The van der Waals surface area contributed by atoms with E-state index in [1.165, 1.54) is 5.57 Å². The van der Waals surface area contributed by atoms with Gasteiger partial charge in [-0.1, -0.05) is 35.9 Å². The van der Waals surface area contributed by atoms with Crippen LogP contribution in [0.25, 0.3) is 27.9 Å². The number of halogens is 1. The van der Waals surface area contributed by atoms with Crippen molar-refractivity contribution in [1.82, 2.24) is 15.0 Å². The third kappa shape index (κ3) is 3.18. The largest absolute Gasteiger partial charge is 0.377 e. The fraction of sp³-hybridized carbons (Fsp3) is 0.150. The van der Waals surface area contributed by atoms with E-state index < -0.39 is 0 Å². The van der Waals surface area contributed by atoms with Crippen LogP contribution < -0.4 is 0 Å². The number of pyridine rings is 1. The SMILES string of the molecule is COC1C=CC=C(c2ccc3nc(-c4cccnc4)nc(Cl)c3c2)C1. The van der Waals surface area contributed by atoms with Crippen LogP contribution >= 0.6 is 11.6 Å². The van der Waals surface area contributed by atoms with E-state index in [4.69, 9.17) is 16.3 Å². The van der Waals surface area contributed by atoms with Crippen LogP contribution in [0.1, 0.15) is 12.0 Å². The van der Waals surface area contributed by atoms with Gasteiger partial charge in [-0.05, 0) is 35.4 Å². The first-order valence-corrected chi connectivity index (χ1v) is 8.40. The van der Waals surface area contributed by atoms with Gasteiger partial charge in [0.25, 0.3) is 0 Å². The lowest BCUT2D eigenvalue weighted by Gasteiger charge is -2.17. The third-order valence-electron chi connectivity index (χ3n) is 4.29. The number of allylic oxidation sites excluding steroid dienone is 2. The molecule has 1 aliphatic rings. The lowest BCUT2D eigenvalue weighted by atomic mass is 9.95. The smallest absolute Gasteiger partial charge is 0.163 e. The summed E-state index contributed by atoms with van der Waals surface area (Å²) in [6, 6.07) is 9.87. The highest BCUT2D eigenvalue weighted by Gasteiger charge is 2.14. The molecule has 0 saturated carbocycles. The third-order valence-corrected chi connectivity index (χ3v) is 4.57. The molecule has 0 radical (unpaired) electrons. The zero-order chi connectivity index (χ0) is 17.2. The van der Waals surface area contributed by atoms with Gasteiger partial charge in [-0.15, -0.1) is 0 Å². The fourth-order valence-electron chi connectivity index (χ4n) is 2.94. The molecular formula is C20H16ClN3O. The maximum Gasteiger partial charge on any atom is 0.163 e. The van der Waals surface area contributed by atoms with Gasteiger partial charge in [0.1, 0.15) is 5.15 Å². The lowest BCUT2D eigenvalue weighted by Crippen LogP contribution is -2.10. The number of aromatic nitrogens is 3. The normalized spacial score (nSPS) is 16.9. The maximum absolute atomic E-state index is 6.45. The van der Waals surface area contributed by atoms with Crippen LogP contribution in [0.15, 0.2) is 61.0 Å². The predicted molar refractivity (Wildman–Crippen MR) is 100 cm³/mol. The van der Waals surface area contributed by atoms with E-state index in [0.717, 1.165) is 28.5 Å². The number of rotatable bonds is 3. The van der Waals surface area contributed by atoms with Crippen LogP contribution in [0, 0.1) is 0 Å². The number of nitrogens with zero attached hydrogens (tertiary/aromatic N) is 3. The molecule has 1 unspecified atom stereocenters. The minimum atomic E-state index is 0.107. The van der Waals surface area contributed by atoms with Gasteiger partial charge in [-0.3, -0.25) is 4.98 Å². The molecule has 1 aromatic carbocycles. The molecule has 3 aromatic rings. The van der Waals surface area contributed by atoms with E-state index in [-0.39, 0.29) is 6.10 Å². The van der Waals surface area contributed by atoms with Crippen molar-refractivity contribution in [2.24, 2.45) is 0 Å². The molecular weight excluding hydrogens is 334 g/mol. The Kier molecular flexibility index (Phi) is 4.30. The number of hydrogen-bond acceptors (Lipinski definition) is 4. The first kappa shape index (κ1) is 15.9. The molecule has 2 heterocycles. The fourth-order valence-corrected chi connectivity index (χ4v) is 3.17. The number of benzene rings is 1. The van der Waals surface area contributed by atoms with Gasteiger partial charge in [-0.25, -0.2) is 9.97 Å². The molecule has 25 heavy (non-hydrogen) atoms. The Morgan fingerprint density at radius 2 is 2.08 bits per heavy atom. The van der Waals surface area contributed by atoms with Crippen LogP contribution in [0.2, 0.25) is 5.15 Å². The Hall–Kier alpha value is -2.56. The molecule has 1 atom stereocenters. The van der Waals surface area contributed by atoms with Gasteiger partial charge in [0.15, 0.2) is 5.82 Å². The van der Waals surface area contributed by atoms with Crippen molar-refractivity contribution in [3.8, 4) is 11.4 Å². The van der Waals surface area contributed by atoms with Crippen molar-refractivity contribution >= 4 is 28.1 Å². The summed E-state index contributed by atoms with van der Waals surface area (Å²) >= 11 is 6.45. The lowest BCUT2D eigenvalue weighted by molar-refractivity contribution is 0.144. The molecule has 0 N–H and O–H groups in total. The Morgan fingerprint density at radius 3 is 2.88 bits per heavy atom. The van der Waals surface area contributed by atoms with Crippen LogP contribution in [0.3, 0.4) is 0 Å². The summed E-state index contributed by atoms with van der Waals surface area (Å²) in [6.07, 6.45) is 10.6. The molecule has 124 valence electrons. The molecule has 4 nitrogen and oxygen atoms in total. The predicted octanol–water partition coefficient (Wildman–Crippen LogP) is 4.70. The molecule has 5 heteroatoms. The van der Waals surface area contributed by atoms with Crippen LogP contribution in [-0.2, 0) is 4.74 Å². The summed E-state index contributed by atoms with van der Waals surface area (Å²) in [5.74, 6) is 0.581. The molecule has 0 amide bonds. The highest BCUT2D eigenvalue weighted by Crippen LogP contribution is 2.30. The van der Waals surface area contributed by atoms with E-state index in [1.54, 1.807) is 19.5 Å². The highest BCUT2D eigenvalue weighted by molar-refractivity contribution is 6.34. The molecule has 0 spiro atoms. The second-order valence-corrected chi connectivity index (χ2v) is 6.22. The summed E-state index contributed by atoms with van der Waals surface area (Å²) in [6.45, 7) is 0. The highest BCUT2D eigenvalue weighted by atomic mass is 35.5. The van der Waals surface area contributed by atoms with Crippen LogP contribution in [-0.4, -0.2) is 28.2 Å². The molecule has 2 aromatic heterocycles. The summed E-state index contributed by atoms with van der Waals surface area (Å²) in [5, 5.41) is 1.29. The molecule has 1 aliphatic carbocycles. The minimum Gasteiger partial charge on any atom is -0.377 e. The number of methoxy groups -OCH3 is 1. The van der Waals surface area contributed by atoms with Crippen molar-refractivity contribution in [3.63, 3.8) is 0 Å². The van der Waals surface area contributed by atoms with E-state index in [0.29, 0.717) is 11.0 Å². The summed E-state index contributed by atoms with van der Waals surface area (Å²) in [4.78, 5) is 13.2. The summed E-state index contributed by atoms with van der Waals surface area (Å²) in [7, 11) is 1.73. The zero-order valence-electron chi connectivity index (χ0n) is 13.7. The minimum absolute atomic E-state index is 0.107. The monoisotopic (exact) mass is 349 g/mol. The topological polar surface area (TPSA) is 47.9 Å². The summed E-state index contributed by atoms with van der Waals surface area (Å²) in [5.41, 5.74) is 3.98. The van der Waals surface area contributed by atoms with Gasteiger partial charge >= 0.3 is 0 Å². The van der Waals surface area contributed by atoms with Gasteiger partial charge in [0.05, 0.1) is 11.6 Å². The maximum atomic E-state index is 6.45. The second kappa shape index (κ2) is 6.75. The Bertz CT molecular complexity index is 983. The van der Waals surface area contributed by atoms with Crippen LogP contribution in [0.4, 0.5) is 0 Å². The van der Waals surface area contributed by atoms with E-state index in [1.807, 2.05) is 30.3 Å². The molecule has 0 bridgehead atoms. The Morgan fingerprint density at radius 1 is 1.16 bits per heavy atom. The van der Waals surface area contributed by atoms with Crippen molar-refractivity contribution in [1.29, 1.82) is 0 Å². The van der Waals surface area contributed by atoms with Crippen molar-refractivity contribution in [3.05, 3.63) is 71.7 Å². The standard InChI is InChI=1S/C20H16ClN3O/c1-25-16-6-2-4-13(10-16)14-7-8-18-17(11-14)19(21)24-20(23-18)15-5-3-9-22-12-15/h2-9,11-12,16H,10H2,1H3. The number of fused-ring (bicyclic) bond motifs is 1. The molecule has 4 rings (SSSR count). The Labute approximate surface area is 150 Å². The second-order valence-electron chi connectivity index (χ2n) is 5.87. The van der Waals surface area contributed by atoms with Gasteiger partial charge in [0.2, 0.25) is 0 Å². The molecule has 0 fully saturated rings. The summed E-state index contributed by atoms with van der Waals surface area (Å²) < 4.78 is 5.43. The quantitative estimate of drug-likeness (QED) is 0.643.